The Bertz CT molecular complexity index is 3180. The van der Waals surface area contributed by atoms with Gasteiger partial charge < -0.3 is 4.42 Å². The highest BCUT2D eigenvalue weighted by atomic mass is 32.1. The Morgan fingerprint density at radius 2 is 1.08 bits per heavy atom. The Balaban J connectivity index is 1.12. The van der Waals surface area contributed by atoms with Crippen LogP contribution in [0.1, 0.15) is 0 Å². The van der Waals surface area contributed by atoms with Gasteiger partial charge in [-0.2, -0.15) is 0 Å². The fourth-order valence-electron chi connectivity index (χ4n) is 7.69. The Hall–Kier alpha value is -6.62. The molecule has 0 saturated heterocycles. The zero-order chi connectivity index (χ0) is 34.2. The van der Waals surface area contributed by atoms with E-state index in [4.69, 9.17) is 14.4 Å². The summed E-state index contributed by atoms with van der Waals surface area (Å²) >= 11 is 1.76. The molecule has 0 unspecified atom stereocenters. The maximum atomic E-state index is 6.66. The van der Waals surface area contributed by atoms with Gasteiger partial charge in [-0.1, -0.05) is 140 Å². The highest BCUT2D eigenvalue weighted by Crippen LogP contribution is 2.43. The lowest BCUT2D eigenvalue weighted by molar-refractivity contribution is 0.673. The topological polar surface area (TPSA) is 38.9 Å². The first-order valence-corrected chi connectivity index (χ1v) is 18.3. The third kappa shape index (κ3) is 4.58. The molecule has 0 aliphatic carbocycles. The molecule has 0 fully saturated rings. The molecule has 4 heteroatoms. The number of furan rings is 1. The summed E-state index contributed by atoms with van der Waals surface area (Å²) in [5.41, 5.74) is 10.4. The Morgan fingerprint density at radius 1 is 0.423 bits per heavy atom. The highest BCUT2D eigenvalue weighted by Gasteiger charge is 2.21. The molecule has 3 nitrogen and oxygen atoms in total. The summed E-state index contributed by atoms with van der Waals surface area (Å²) in [4.78, 5) is 10.8. The molecule has 52 heavy (non-hydrogen) atoms. The SMILES string of the molecule is c1ccc(-c2ccc3c(c2)oc2c4ccccc4c(-c4nc(-c5ccc(-c6ccc7ccccc7c6)cc5)c5sc6ccccc6c5n4)cc32)cc1. The van der Waals surface area contributed by atoms with E-state index in [0.717, 1.165) is 76.3 Å². The number of hydrogen-bond acceptors (Lipinski definition) is 4. The molecule has 0 aliphatic heterocycles. The minimum atomic E-state index is 0.706. The minimum Gasteiger partial charge on any atom is -0.455 e. The fourth-order valence-corrected chi connectivity index (χ4v) is 8.84. The summed E-state index contributed by atoms with van der Waals surface area (Å²) in [5.74, 6) is 0.706. The van der Waals surface area contributed by atoms with Crippen molar-refractivity contribution in [1.29, 1.82) is 0 Å². The molecule has 3 aromatic heterocycles. The predicted molar refractivity (Wildman–Crippen MR) is 219 cm³/mol. The summed E-state index contributed by atoms with van der Waals surface area (Å²) in [6.45, 7) is 0. The zero-order valence-corrected chi connectivity index (χ0v) is 28.7. The standard InChI is InChI=1S/C48H28N2OS/c1-2-10-29(11-3-1)35-24-25-37-40-28-41(36-14-6-7-15-38(36)46(40)51-42(37)27-35)48-49-44(47-45(50-48)39-16-8-9-17-43(39)52-47)32-21-18-31(19-22-32)34-23-20-30-12-4-5-13-33(30)26-34/h1-28H. The fraction of sp³-hybridized carbons (Fsp3) is 0. The number of thiophene rings is 1. The van der Waals surface area contributed by atoms with Gasteiger partial charge in [-0.05, 0) is 68.7 Å². The summed E-state index contributed by atoms with van der Waals surface area (Å²) in [7, 11) is 0. The van der Waals surface area contributed by atoms with Gasteiger partial charge in [-0.15, -0.1) is 11.3 Å². The van der Waals surface area contributed by atoms with E-state index in [2.05, 4.69) is 164 Å². The lowest BCUT2D eigenvalue weighted by atomic mass is 9.98. The van der Waals surface area contributed by atoms with Crippen molar-refractivity contribution in [2.75, 3.05) is 0 Å². The van der Waals surface area contributed by atoms with Gasteiger partial charge in [0, 0.05) is 37.4 Å². The van der Waals surface area contributed by atoms with Crippen LogP contribution in [0.4, 0.5) is 0 Å². The maximum Gasteiger partial charge on any atom is 0.161 e. The van der Waals surface area contributed by atoms with Crippen LogP contribution in [0.15, 0.2) is 174 Å². The lowest BCUT2D eigenvalue weighted by Gasteiger charge is -2.11. The number of aromatic nitrogens is 2. The highest BCUT2D eigenvalue weighted by molar-refractivity contribution is 7.26. The van der Waals surface area contributed by atoms with Crippen LogP contribution < -0.4 is 0 Å². The van der Waals surface area contributed by atoms with E-state index < -0.39 is 0 Å². The van der Waals surface area contributed by atoms with Crippen LogP contribution in [-0.2, 0) is 0 Å². The summed E-state index contributed by atoms with van der Waals surface area (Å²) in [6, 6.07) is 60.2. The molecule has 0 bridgehead atoms. The zero-order valence-electron chi connectivity index (χ0n) is 27.9. The minimum absolute atomic E-state index is 0.706. The first kappa shape index (κ1) is 29.1. The van der Waals surface area contributed by atoms with Crippen molar-refractivity contribution in [3.63, 3.8) is 0 Å². The third-order valence-corrected chi connectivity index (χ3v) is 11.5. The van der Waals surface area contributed by atoms with Crippen LogP contribution in [0.25, 0.3) is 109 Å². The van der Waals surface area contributed by atoms with Crippen LogP contribution in [0, 0.1) is 0 Å². The van der Waals surface area contributed by atoms with E-state index in [0.29, 0.717) is 5.82 Å². The van der Waals surface area contributed by atoms with E-state index in [9.17, 15) is 0 Å². The van der Waals surface area contributed by atoms with Crippen molar-refractivity contribution in [2.24, 2.45) is 0 Å². The van der Waals surface area contributed by atoms with Gasteiger partial charge in [0.1, 0.15) is 11.2 Å². The summed E-state index contributed by atoms with van der Waals surface area (Å²) in [5, 5.41) is 7.88. The van der Waals surface area contributed by atoms with Gasteiger partial charge in [-0.25, -0.2) is 9.97 Å². The largest absolute Gasteiger partial charge is 0.455 e. The van der Waals surface area contributed by atoms with Gasteiger partial charge in [0.15, 0.2) is 5.82 Å². The van der Waals surface area contributed by atoms with E-state index in [-0.39, 0.29) is 0 Å². The number of rotatable bonds is 4. The van der Waals surface area contributed by atoms with Crippen molar-refractivity contribution in [2.45, 2.75) is 0 Å². The van der Waals surface area contributed by atoms with Crippen LogP contribution in [0.5, 0.6) is 0 Å². The van der Waals surface area contributed by atoms with Crippen LogP contribution in [0.2, 0.25) is 0 Å². The second-order valence-corrected chi connectivity index (χ2v) is 14.4. The van der Waals surface area contributed by atoms with E-state index in [1.54, 1.807) is 11.3 Å². The van der Waals surface area contributed by atoms with E-state index >= 15 is 0 Å². The van der Waals surface area contributed by atoms with E-state index in [1.165, 1.54) is 26.6 Å². The van der Waals surface area contributed by atoms with Crippen molar-refractivity contribution in [3.8, 4) is 44.9 Å². The number of benzene rings is 8. The van der Waals surface area contributed by atoms with Gasteiger partial charge in [-0.3, -0.25) is 0 Å². The van der Waals surface area contributed by atoms with Crippen molar-refractivity contribution in [3.05, 3.63) is 170 Å². The number of hydrogen-bond donors (Lipinski definition) is 0. The van der Waals surface area contributed by atoms with Crippen LogP contribution >= 0.6 is 11.3 Å². The smallest absolute Gasteiger partial charge is 0.161 e. The molecule has 0 spiro atoms. The maximum absolute atomic E-state index is 6.66. The average Bonchev–Trinajstić information content (AvgIpc) is 3.78. The predicted octanol–water partition coefficient (Wildman–Crippen LogP) is 13.7. The molecule has 11 aromatic rings. The molecule has 0 saturated carbocycles. The Labute approximate surface area is 303 Å². The third-order valence-electron chi connectivity index (χ3n) is 10.3. The Morgan fingerprint density at radius 3 is 1.94 bits per heavy atom. The first-order chi connectivity index (χ1) is 25.7. The molecule has 8 aromatic carbocycles. The summed E-state index contributed by atoms with van der Waals surface area (Å²) in [6.07, 6.45) is 0. The van der Waals surface area contributed by atoms with Gasteiger partial charge in [0.05, 0.1) is 15.9 Å². The van der Waals surface area contributed by atoms with Crippen molar-refractivity contribution in [1.82, 2.24) is 9.97 Å². The van der Waals surface area contributed by atoms with Crippen molar-refractivity contribution < 1.29 is 4.42 Å². The van der Waals surface area contributed by atoms with Gasteiger partial charge in [0.2, 0.25) is 0 Å². The second-order valence-electron chi connectivity index (χ2n) is 13.3. The Kier molecular flexibility index (Phi) is 6.42. The molecule has 242 valence electrons. The monoisotopic (exact) mass is 680 g/mol. The normalized spacial score (nSPS) is 11.8. The molecule has 3 heterocycles. The molecule has 0 N–H and O–H groups in total. The first-order valence-electron chi connectivity index (χ1n) is 17.5. The molecule has 11 rings (SSSR count). The molecule has 0 aliphatic rings. The molecule has 0 atom stereocenters. The van der Waals surface area contributed by atoms with Gasteiger partial charge >= 0.3 is 0 Å². The molecule has 0 amide bonds. The molecule has 0 radical (unpaired) electrons. The van der Waals surface area contributed by atoms with Crippen LogP contribution in [-0.4, -0.2) is 9.97 Å². The number of fused-ring (bicyclic) bond motifs is 9. The molecular weight excluding hydrogens is 653 g/mol. The number of nitrogens with zero attached hydrogens (tertiary/aromatic N) is 2. The van der Waals surface area contributed by atoms with Gasteiger partial charge in [0.25, 0.3) is 0 Å². The quantitative estimate of drug-likeness (QED) is 0.186. The average molecular weight is 681 g/mol. The molecular formula is C48H28N2OS. The van der Waals surface area contributed by atoms with E-state index in [1.807, 2.05) is 6.07 Å². The summed E-state index contributed by atoms with van der Waals surface area (Å²) < 4.78 is 8.96. The second kappa shape index (κ2) is 11.5. The van der Waals surface area contributed by atoms with Crippen molar-refractivity contribution >= 4 is 75.1 Å². The van der Waals surface area contributed by atoms with Crippen LogP contribution in [0.3, 0.4) is 0 Å². The lowest BCUT2D eigenvalue weighted by Crippen LogP contribution is -1.95.